The van der Waals surface area contributed by atoms with Gasteiger partial charge in [0, 0.05) is 6.54 Å². The molecule has 2 atom stereocenters. The first kappa shape index (κ1) is 15.7. The van der Waals surface area contributed by atoms with Gasteiger partial charge in [0.05, 0.1) is 6.26 Å². The van der Waals surface area contributed by atoms with E-state index < -0.39 is 23.9 Å². The predicted molar refractivity (Wildman–Crippen MR) is 71.9 cm³/mol. The van der Waals surface area contributed by atoms with Crippen LogP contribution in [0.1, 0.15) is 31.3 Å². The van der Waals surface area contributed by atoms with Crippen LogP contribution in [0.2, 0.25) is 0 Å². The maximum atomic E-state index is 11.8. The van der Waals surface area contributed by atoms with Crippen molar-refractivity contribution in [3.8, 4) is 0 Å². The Bertz CT molecular complexity index is 470. The van der Waals surface area contributed by atoms with E-state index in [1.807, 2.05) is 0 Å². The molecule has 0 aliphatic heterocycles. The molecule has 0 radical (unpaired) electrons. The summed E-state index contributed by atoms with van der Waals surface area (Å²) in [6.45, 7) is 5.38. The van der Waals surface area contributed by atoms with E-state index in [2.05, 4.69) is 16.0 Å². The van der Waals surface area contributed by atoms with Crippen molar-refractivity contribution in [2.75, 3.05) is 6.54 Å². The maximum absolute atomic E-state index is 11.8. The van der Waals surface area contributed by atoms with Gasteiger partial charge in [0.25, 0.3) is 5.91 Å². The van der Waals surface area contributed by atoms with Crippen molar-refractivity contribution < 1.29 is 18.8 Å². The number of nitrogens with one attached hydrogen (secondary N) is 3. The molecule has 7 nitrogen and oxygen atoms in total. The third-order valence-corrected chi connectivity index (χ3v) is 2.59. The molecule has 1 aromatic heterocycles. The lowest BCUT2D eigenvalue weighted by atomic mass is 10.2. The lowest BCUT2D eigenvalue weighted by molar-refractivity contribution is -0.129. The Kier molecular flexibility index (Phi) is 5.76. The highest BCUT2D eigenvalue weighted by Crippen LogP contribution is 2.00. The van der Waals surface area contributed by atoms with E-state index in [9.17, 15) is 14.4 Å². The smallest absolute Gasteiger partial charge is 0.287 e. The number of likely N-dealkylation sites (N-methyl/N-ethyl adjacent to an activating group) is 1. The SMILES string of the molecule is CCNC(=O)C(C)NC(=O)C(C)NC(=O)c1ccco1. The highest BCUT2D eigenvalue weighted by molar-refractivity contribution is 5.96. The number of rotatable bonds is 6. The van der Waals surface area contributed by atoms with Crippen LogP contribution < -0.4 is 16.0 Å². The molecule has 0 bridgehead atoms. The lowest BCUT2D eigenvalue weighted by Crippen LogP contribution is -2.51. The van der Waals surface area contributed by atoms with E-state index in [0.29, 0.717) is 6.54 Å². The minimum Gasteiger partial charge on any atom is -0.459 e. The van der Waals surface area contributed by atoms with Crippen LogP contribution in [0.4, 0.5) is 0 Å². The van der Waals surface area contributed by atoms with Crippen LogP contribution in [0.25, 0.3) is 0 Å². The second-order valence-corrected chi connectivity index (χ2v) is 4.30. The average molecular weight is 281 g/mol. The van der Waals surface area contributed by atoms with Gasteiger partial charge in [-0.05, 0) is 32.9 Å². The summed E-state index contributed by atoms with van der Waals surface area (Å²) in [6, 6.07) is 1.64. The van der Waals surface area contributed by atoms with Crippen molar-refractivity contribution >= 4 is 17.7 Å². The van der Waals surface area contributed by atoms with Gasteiger partial charge >= 0.3 is 0 Å². The van der Waals surface area contributed by atoms with Crippen LogP contribution in [-0.4, -0.2) is 36.3 Å². The van der Waals surface area contributed by atoms with Gasteiger partial charge < -0.3 is 20.4 Å². The van der Waals surface area contributed by atoms with Gasteiger partial charge in [-0.3, -0.25) is 14.4 Å². The summed E-state index contributed by atoms with van der Waals surface area (Å²) in [6.07, 6.45) is 1.37. The Morgan fingerprint density at radius 1 is 1.15 bits per heavy atom. The molecule has 1 heterocycles. The molecule has 3 amide bonds. The number of carbonyl (C=O) groups excluding carboxylic acids is 3. The topological polar surface area (TPSA) is 100 Å². The third kappa shape index (κ3) is 4.42. The Morgan fingerprint density at radius 2 is 1.80 bits per heavy atom. The van der Waals surface area contributed by atoms with Crippen molar-refractivity contribution in [3.63, 3.8) is 0 Å². The fourth-order valence-electron chi connectivity index (χ4n) is 1.47. The number of furan rings is 1. The van der Waals surface area contributed by atoms with Crippen LogP contribution in [0.5, 0.6) is 0 Å². The first-order valence-electron chi connectivity index (χ1n) is 6.38. The van der Waals surface area contributed by atoms with E-state index in [1.165, 1.54) is 19.3 Å². The van der Waals surface area contributed by atoms with E-state index >= 15 is 0 Å². The third-order valence-electron chi connectivity index (χ3n) is 2.59. The minimum absolute atomic E-state index is 0.126. The van der Waals surface area contributed by atoms with Crippen LogP contribution in [0.15, 0.2) is 22.8 Å². The summed E-state index contributed by atoms with van der Waals surface area (Å²) in [7, 11) is 0. The average Bonchev–Trinajstić information content (AvgIpc) is 2.92. The highest BCUT2D eigenvalue weighted by Gasteiger charge is 2.21. The van der Waals surface area contributed by atoms with Crippen molar-refractivity contribution in [2.24, 2.45) is 0 Å². The zero-order valence-corrected chi connectivity index (χ0v) is 11.7. The van der Waals surface area contributed by atoms with Gasteiger partial charge in [0.2, 0.25) is 11.8 Å². The quantitative estimate of drug-likeness (QED) is 0.685. The molecule has 0 fully saturated rings. The molecule has 7 heteroatoms. The Balaban J connectivity index is 2.47. The Labute approximate surface area is 117 Å². The van der Waals surface area contributed by atoms with Gasteiger partial charge in [0.1, 0.15) is 12.1 Å². The van der Waals surface area contributed by atoms with Gasteiger partial charge in [-0.25, -0.2) is 0 Å². The monoisotopic (exact) mass is 281 g/mol. The second kappa shape index (κ2) is 7.32. The molecule has 0 saturated carbocycles. The molecule has 0 aliphatic carbocycles. The lowest BCUT2D eigenvalue weighted by Gasteiger charge is -2.17. The van der Waals surface area contributed by atoms with E-state index in [-0.39, 0.29) is 11.7 Å². The predicted octanol–water partition coefficient (Wildman–Crippen LogP) is 0.0387. The van der Waals surface area contributed by atoms with Crippen molar-refractivity contribution in [2.45, 2.75) is 32.9 Å². The van der Waals surface area contributed by atoms with Crippen molar-refractivity contribution in [3.05, 3.63) is 24.2 Å². The second-order valence-electron chi connectivity index (χ2n) is 4.30. The molecule has 2 unspecified atom stereocenters. The molecule has 110 valence electrons. The van der Waals surface area contributed by atoms with Crippen LogP contribution in [-0.2, 0) is 9.59 Å². The summed E-state index contributed by atoms with van der Waals surface area (Å²) in [4.78, 5) is 35.0. The summed E-state index contributed by atoms with van der Waals surface area (Å²) in [5.41, 5.74) is 0. The van der Waals surface area contributed by atoms with Gasteiger partial charge in [-0.1, -0.05) is 0 Å². The van der Waals surface area contributed by atoms with E-state index in [1.54, 1.807) is 19.9 Å². The standard InChI is InChI=1S/C13H19N3O4/c1-4-14-11(17)8(2)15-12(18)9(3)16-13(19)10-6-5-7-20-10/h5-9H,4H2,1-3H3,(H,14,17)(H,15,18)(H,16,19). The zero-order valence-electron chi connectivity index (χ0n) is 11.7. The summed E-state index contributed by atoms with van der Waals surface area (Å²) < 4.78 is 4.92. The molecule has 0 saturated heterocycles. The summed E-state index contributed by atoms with van der Waals surface area (Å²) in [5, 5.41) is 7.60. The molecule has 0 aliphatic rings. The van der Waals surface area contributed by atoms with Gasteiger partial charge in [-0.15, -0.1) is 0 Å². The molecular weight excluding hydrogens is 262 g/mol. The Hall–Kier alpha value is -2.31. The fraction of sp³-hybridized carbons (Fsp3) is 0.462. The van der Waals surface area contributed by atoms with Crippen LogP contribution >= 0.6 is 0 Å². The van der Waals surface area contributed by atoms with Crippen molar-refractivity contribution in [1.29, 1.82) is 0 Å². The molecule has 20 heavy (non-hydrogen) atoms. The Morgan fingerprint density at radius 3 is 2.35 bits per heavy atom. The molecule has 1 rings (SSSR count). The first-order valence-corrected chi connectivity index (χ1v) is 6.38. The molecular formula is C13H19N3O4. The van der Waals surface area contributed by atoms with Crippen LogP contribution in [0.3, 0.4) is 0 Å². The molecule has 1 aromatic rings. The highest BCUT2D eigenvalue weighted by atomic mass is 16.3. The zero-order chi connectivity index (χ0) is 15.1. The number of carbonyl (C=O) groups is 3. The van der Waals surface area contributed by atoms with E-state index in [4.69, 9.17) is 4.42 Å². The fourth-order valence-corrected chi connectivity index (χ4v) is 1.47. The largest absolute Gasteiger partial charge is 0.459 e. The normalized spacial score (nSPS) is 13.2. The number of amides is 3. The number of hydrogen-bond acceptors (Lipinski definition) is 4. The number of hydrogen-bond donors (Lipinski definition) is 3. The van der Waals surface area contributed by atoms with Crippen molar-refractivity contribution in [1.82, 2.24) is 16.0 Å². The van der Waals surface area contributed by atoms with Gasteiger partial charge in [-0.2, -0.15) is 0 Å². The molecule has 0 spiro atoms. The summed E-state index contributed by atoms with van der Waals surface area (Å²) in [5.74, 6) is -1.07. The minimum atomic E-state index is -0.774. The summed E-state index contributed by atoms with van der Waals surface area (Å²) >= 11 is 0. The molecule has 3 N–H and O–H groups in total. The molecule has 0 aromatic carbocycles. The van der Waals surface area contributed by atoms with E-state index in [0.717, 1.165) is 0 Å². The van der Waals surface area contributed by atoms with Gasteiger partial charge in [0.15, 0.2) is 5.76 Å². The first-order chi connectivity index (χ1) is 9.45. The maximum Gasteiger partial charge on any atom is 0.287 e. The van der Waals surface area contributed by atoms with Crippen LogP contribution in [0, 0.1) is 0 Å².